The molecule has 0 radical (unpaired) electrons. The predicted octanol–water partition coefficient (Wildman–Crippen LogP) is 4.62. The van der Waals surface area contributed by atoms with Crippen molar-refractivity contribution >= 4 is 46.5 Å². The molecule has 2 aliphatic heterocycles. The molecule has 1 spiro atoms. The number of hydrogen-bond acceptors (Lipinski definition) is 4. The average Bonchev–Trinajstić information content (AvgIpc) is 3.30. The third kappa shape index (κ3) is 3.74. The highest BCUT2D eigenvalue weighted by atomic mass is 32.2. The molecule has 35 heavy (non-hydrogen) atoms. The van der Waals surface area contributed by atoms with Crippen molar-refractivity contribution in [2.75, 3.05) is 27.4 Å². The summed E-state index contributed by atoms with van der Waals surface area (Å²) in [5.74, 6) is -1.48. The van der Waals surface area contributed by atoms with Gasteiger partial charge in [0.25, 0.3) is 5.91 Å². The molecule has 1 atom stereocenters. The number of para-hydroxylation sites is 3. The second kappa shape index (κ2) is 8.46. The van der Waals surface area contributed by atoms with E-state index in [4.69, 9.17) is 0 Å². The minimum atomic E-state index is -4.65. The number of anilines is 3. The largest absolute Gasteiger partial charge is 0.418 e. The number of nitrogens with zero attached hydrogens (tertiary/aromatic N) is 2. The fraction of sp³-hybridized carbons (Fsp3) is 0.160. The molecule has 178 valence electrons. The minimum absolute atomic E-state index is 0.0635. The van der Waals surface area contributed by atoms with Crippen LogP contribution in [0.1, 0.15) is 11.1 Å². The summed E-state index contributed by atoms with van der Waals surface area (Å²) in [6.07, 6.45) is -4.65. The Morgan fingerprint density at radius 2 is 1.60 bits per heavy atom. The topological polar surface area (TPSA) is 69.7 Å². The van der Waals surface area contributed by atoms with E-state index in [0.717, 1.165) is 23.9 Å². The molecule has 0 aromatic heterocycles. The molecule has 0 bridgehead atoms. The third-order valence-electron chi connectivity index (χ3n) is 5.89. The van der Waals surface area contributed by atoms with E-state index in [0.29, 0.717) is 16.9 Å². The van der Waals surface area contributed by atoms with Crippen LogP contribution in [-0.2, 0) is 25.4 Å². The highest BCUT2D eigenvalue weighted by Gasteiger charge is 2.61. The predicted molar refractivity (Wildman–Crippen MR) is 127 cm³/mol. The molecule has 2 heterocycles. The third-order valence-corrected chi connectivity index (χ3v) is 7.27. The van der Waals surface area contributed by atoms with Gasteiger partial charge < -0.3 is 5.32 Å². The summed E-state index contributed by atoms with van der Waals surface area (Å²) in [5.41, 5.74) is 0.144. The first-order chi connectivity index (χ1) is 16.7. The molecule has 2 aliphatic rings. The number of thioether (sulfide) groups is 1. The number of alkyl halides is 3. The monoisotopic (exact) mass is 497 g/mol. The molecule has 3 amide bonds. The lowest BCUT2D eigenvalue weighted by molar-refractivity contribution is -0.137. The van der Waals surface area contributed by atoms with Gasteiger partial charge in [0.15, 0.2) is 0 Å². The summed E-state index contributed by atoms with van der Waals surface area (Å²) in [7, 11) is 0. The van der Waals surface area contributed by atoms with Crippen molar-refractivity contribution in [1.82, 2.24) is 0 Å². The lowest BCUT2D eigenvalue weighted by Crippen LogP contribution is -2.50. The number of fused-ring (bicyclic) bond motifs is 2. The van der Waals surface area contributed by atoms with Crippen LogP contribution in [0, 0.1) is 0 Å². The van der Waals surface area contributed by atoms with Crippen LogP contribution >= 0.6 is 11.8 Å². The number of hydrogen-bond donors (Lipinski definition) is 1. The highest BCUT2D eigenvalue weighted by molar-refractivity contribution is 8.02. The molecule has 6 nitrogen and oxygen atoms in total. The molecule has 0 saturated carbocycles. The number of benzene rings is 3. The van der Waals surface area contributed by atoms with E-state index in [2.05, 4.69) is 5.32 Å². The Morgan fingerprint density at radius 3 is 2.34 bits per heavy atom. The molecule has 3 aromatic rings. The zero-order valence-corrected chi connectivity index (χ0v) is 18.9. The molecule has 0 unspecified atom stereocenters. The van der Waals surface area contributed by atoms with Crippen LogP contribution in [0.3, 0.4) is 0 Å². The number of rotatable bonds is 4. The van der Waals surface area contributed by atoms with E-state index < -0.39 is 40.7 Å². The van der Waals surface area contributed by atoms with Crippen molar-refractivity contribution in [2.24, 2.45) is 0 Å². The Kier molecular flexibility index (Phi) is 5.55. The van der Waals surface area contributed by atoms with Gasteiger partial charge in [0, 0.05) is 11.3 Å². The quantitative estimate of drug-likeness (QED) is 0.571. The van der Waals surface area contributed by atoms with Gasteiger partial charge in [-0.25, -0.2) is 0 Å². The van der Waals surface area contributed by atoms with Crippen molar-refractivity contribution in [2.45, 2.75) is 11.0 Å². The zero-order chi connectivity index (χ0) is 24.8. The summed E-state index contributed by atoms with van der Waals surface area (Å²) in [4.78, 5) is 40.9. The smallest absolute Gasteiger partial charge is 0.324 e. The van der Waals surface area contributed by atoms with Gasteiger partial charge in [-0.3, -0.25) is 24.2 Å². The Balaban J connectivity index is 1.49. The summed E-state index contributed by atoms with van der Waals surface area (Å²) in [6, 6.07) is 20.2. The first-order valence-electron chi connectivity index (χ1n) is 10.6. The first-order valence-corrected chi connectivity index (χ1v) is 11.6. The van der Waals surface area contributed by atoms with Crippen LogP contribution in [0.15, 0.2) is 78.9 Å². The number of carbonyl (C=O) groups excluding carboxylic acids is 3. The number of halogens is 3. The summed E-state index contributed by atoms with van der Waals surface area (Å²) < 4.78 is 40.0. The minimum Gasteiger partial charge on any atom is -0.324 e. The molecule has 10 heteroatoms. The summed E-state index contributed by atoms with van der Waals surface area (Å²) in [6.45, 7) is -0.513. The summed E-state index contributed by atoms with van der Waals surface area (Å²) >= 11 is 1.16. The number of amides is 3. The van der Waals surface area contributed by atoms with E-state index in [1.165, 1.54) is 21.9 Å². The lowest BCUT2D eigenvalue weighted by atomic mass is 10.0. The van der Waals surface area contributed by atoms with Crippen molar-refractivity contribution in [3.63, 3.8) is 0 Å². The molecule has 3 aromatic carbocycles. The molecule has 1 saturated heterocycles. The fourth-order valence-electron chi connectivity index (χ4n) is 4.46. The fourth-order valence-corrected chi connectivity index (χ4v) is 5.82. The van der Waals surface area contributed by atoms with Gasteiger partial charge in [-0.15, -0.1) is 11.8 Å². The van der Waals surface area contributed by atoms with Crippen LogP contribution in [-0.4, -0.2) is 30.0 Å². The second-order valence-corrected chi connectivity index (χ2v) is 9.17. The van der Waals surface area contributed by atoms with Crippen molar-refractivity contribution in [3.8, 4) is 0 Å². The van der Waals surface area contributed by atoms with Gasteiger partial charge >= 0.3 is 6.18 Å². The maximum Gasteiger partial charge on any atom is 0.418 e. The van der Waals surface area contributed by atoms with E-state index in [1.54, 1.807) is 54.6 Å². The molecular formula is C25H18F3N3O3S. The Morgan fingerprint density at radius 1 is 0.943 bits per heavy atom. The number of carbonyl (C=O) groups is 3. The Hall–Kier alpha value is -3.79. The van der Waals surface area contributed by atoms with E-state index in [1.807, 2.05) is 0 Å². The molecular weight excluding hydrogens is 479 g/mol. The van der Waals surface area contributed by atoms with Crippen LogP contribution < -0.4 is 15.1 Å². The van der Waals surface area contributed by atoms with Gasteiger partial charge in [-0.1, -0.05) is 48.5 Å². The first kappa shape index (κ1) is 23.0. The Labute approximate surface area is 202 Å². The van der Waals surface area contributed by atoms with Crippen molar-refractivity contribution in [3.05, 3.63) is 90.0 Å². The van der Waals surface area contributed by atoms with E-state index >= 15 is 0 Å². The lowest BCUT2D eigenvalue weighted by Gasteiger charge is -2.33. The standard InChI is InChI=1S/C25H18F3N3O3S/c26-25(27,28)17-10-4-6-12-19(17)29-21(32)14-30-20-13-7-5-11-18(20)24(23(30)34)31(22(33)15-35-24)16-8-2-1-3-9-16/h1-13H,14-15H2,(H,29,32)/t24-/m1/s1. The van der Waals surface area contributed by atoms with Crippen molar-refractivity contribution < 1.29 is 27.6 Å². The SMILES string of the molecule is O=C(CN1C(=O)[C@]2(SCC(=O)N2c2ccccc2)c2ccccc21)Nc1ccccc1C(F)(F)F. The van der Waals surface area contributed by atoms with Crippen LogP contribution in [0.5, 0.6) is 0 Å². The van der Waals surface area contributed by atoms with Gasteiger partial charge in [0.05, 0.1) is 22.7 Å². The normalized spacial score (nSPS) is 19.4. The molecule has 0 aliphatic carbocycles. The van der Waals surface area contributed by atoms with E-state index in [-0.39, 0.29) is 11.7 Å². The van der Waals surface area contributed by atoms with Crippen molar-refractivity contribution in [1.29, 1.82) is 0 Å². The molecule has 5 rings (SSSR count). The van der Waals surface area contributed by atoms with Gasteiger partial charge in [-0.2, -0.15) is 13.2 Å². The van der Waals surface area contributed by atoms with Gasteiger partial charge in [-0.05, 0) is 30.3 Å². The molecule has 1 N–H and O–H groups in total. The molecule has 1 fully saturated rings. The second-order valence-electron chi connectivity index (χ2n) is 8.00. The summed E-state index contributed by atoms with van der Waals surface area (Å²) in [5, 5.41) is 2.29. The van der Waals surface area contributed by atoms with Crippen LogP contribution in [0.25, 0.3) is 0 Å². The van der Waals surface area contributed by atoms with Crippen LogP contribution in [0.4, 0.5) is 30.2 Å². The maximum atomic E-state index is 13.9. The van der Waals surface area contributed by atoms with E-state index in [9.17, 15) is 27.6 Å². The zero-order valence-electron chi connectivity index (χ0n) is 18.1. The highest BCUT2D eigenvalue weighted by Crippen LogP contribution is 2.55. The average molecular weight is 497 g/mol. The van der Waals surface area contributed by atoms with Crippen LogP contribution in [0.2, 0.25) is 0 Å². The van der Waals surface area contributed by atoms with Gasteiger partial charge in [0.1, 0.15) is 6.54 Å². The number of nitrogens with one attached hydrogen (secondary N) is 1. The maximum absolute atomic E-state index is 13.9. The van der Waals surface area contributed by atoms with Gasteiger partial charge in [0.2, 0.25) is 16.7 Å². The Bertz CT molecular complexity index is 1330.